The van der Waals surface area contributed by atoms with Gasteiger partial charge in [-0.3, -0.25) is 9.59 Å². The fourth-order valence-corrected chi connectivity index (χ4v) is 4.54. The molecule has 0 saturated heterocycles. The number of hydrogen-bond donors (Lipinski definition) is 2. The Hall–Kier alpha value is -4.26. The molecule has 0 radical (unpaired) electrons. The number of fused-ring (bicyclic) bond motifs is 2. The summed E-state index contributed by atoms with van der Waals surface area (Å²) in [5, 5.41) is 4.21. The summed E-state index contributed by atoms with van der Waals surface area (Å²) in [4.78, 5) is 30.2. The van der Waals surface area contributed by atoms with Crippen LogP contribution in [-0.4, -0.2) is 43.6 Å². The summed E-state index contributed by atoms with van der Waals surface area (Å²) in [7, 11) is 1.64. The molecule has 0 fully saturated rings. The smallest absolute Gasteiger partial charge is 0.265 e. The SMILES string of the molecule is COc1ccc(C(CNC(=O)CCN2C(=O)COc3ccccc32)c2c[nH]c3ccccc23)cc1. The van der Waals surface area contributed by atoms with Crippen molar-refractivity contribution in [2.45, 2.75) is 12.3 Å². The molecule has 5 rings (SSSR count). The molecule has 1 aromatic heterocycles. The van der Waals surface area contributed by atoms with Gasteiger partial charge in [0, 0.05) is 42.5 Å². The second-order valence-corrected chi connectivity index (χ2v) is 8.47. The first-order valence-electron chi connectivity index (χ1n) is 11.6. The first-order chi connectivity index (χ1) is 17.1. The van der Waals surface area contributed by atoms with Gasteiger partial charge in [0.25, 0.3) is 5.91 Å². The van der Waals surface area contributed by atoms with E-state index in [0.29, 0.717) is 24.5 Å². The van der Waals surface area contributed by atoms with Gasteiger partial charge in [-0.1, -0.05) is 42.5 Å². The summed E-state index contributed by atoms with van der Waals surface area (Å²) >= 11 is 0. The maximum absolute atomic E-state index is 12.9. The van der Waals surface area contributed by atoms with E-state index in [1.165, 1.54) is 0 Å². The lowest BCUT2D eigenvalue weighted by Gasteiger charge is -2.29. The molecule has 0 spiro atoms. The number of carbonyl (C=O) groups is 2. The molecule has 2 amide bonds. The minimum absolute atomic E-state index is 0.0151. The molecule has 0 aliphatic carbocycles. The Morgan fingerprint density at radius 3 is 2.69 bits per heavy atom. The van der Waals surface area contributed by atoms with Gasteiger partial charge in [-0.2, -0.15) is 0 Å². The molecule has 1 aliphatic rings. The van der Waals surface area contributed by atoms with Gasteiger partial charge in [0.2, 0.25) is 5.91 Å². The number of benzene rings is 3. The predicted octanol–water partition coefficient (Wildman–Crippen LogP) is 4.24. The third kappa shape index (κ3) is 4.71. The molecule has 7 heteroatoms. The van der Waals surface area contributed by atoms with E-state index in [-0.39, 0.29) is 30.8 Å². The number of para-hydroxylation sites is 3. The van der Waals surface area contributed by atoms with Crippen LogP contribution in [0, 0.1) is 0 Å². The Kier molecular flexibility index (Phi) is 6.39. The van der Waals surface area contributed by atoms with Gasteiger partial charge in [0.15, 0.2) is 6.61 Å². The van der Waals surface area contributed by atoms with Crippen LogP contribution >= 0.6 is 0 Å². The standard InChI is InChI=1S/C28H27N3O4/c1-34-20-12-10-19(11-13-20)22(23-17-29-24-7-3-2-6-21(23)24)16-30-27(32)14-15-31-25-8-4-5-9-26(25)35-18-28(31)33/h2-13,17,22,29H,14-16,18H2,1H3,(H,30,32). The molecule has 35 heavy (non-hydrogen) atoms. The van der Waals surface area contributed by atoms with Gasteiger partial charge in [-0.15, -0.1) is 0 Å². The van der Waals surface area contributed by atoms with E-state index >= 15 is 0 Å². The normalized spacial score (nSPS) is 13.7. The number of aromatic nitrogens is 1. The number of amides is 2. The zero-order valence-corrected chi connectivity index (χ0v) is 19.5. The Morgan fingerprint density at radius 1 is 1.09 bits per heavy atom. The first kappa shape index (κ1) is 22.5. The average molecular weight is 470 g/mol. The van der Waals surface area contributed by atoms with E-state index in [2.05, 4.69) is 16.4 Å². The molecule has 178 valence electrons. The van der Waals surface area contributed by atoms with Gasteiger partial charge in [-0.05, 0) is 41.5 Å². The van der Waals surface area contributed by atoms with E-state index < -0.39 is 0 Å². The highest BCUT2D eigenvalue weighted by molar-refractivity contribution is 5.98. The van der Waals surface area contributed by atoms with Crippen LogP contribution in [0.25, 0.3) is 10.9 Å². The van der Waals surface area contributed by atoms with E-state index in [1.807, 2.05) is 72.9 Å². The highest BCUT2D eigenvalue weighted by Crippen LogP contribution is 2.32. The number of hydrogen-bond acceptors (Lipinski definition) is 4. The van der Waals surface area contributed by atoms with E-state index in [4.69, 9.17) is 9.47 Å². The largest absolute Gasteiger partial charge is 0.497 e. The van der Waals surface area contributed by atoms with Crippen molar-refractivity contribution < 1.29 is 19.1 Å². The zero-order valence-electron chi connectivity index (χ0n) is 19.5. The van der Waals surface area contributed by atoms with Crippen LogP contribution in [0.4, 0.5) is 5.69 Å². The van der Waals surface area contributed by atoms with Crippen molar-refractivity contribution in [3.05, 3.63) is 90.1 Å². The molecule has 4 aromatic rings. The van der Waals surface area contributed by atoms with Gasteiger partial charge in [0.05, 0.1) is 12.8 Å². The molecule has 2 N–H and O–H groups in total. The summed E-state index contributed by atoms with van der Waals surface area (Å²) in [6, 6.07) is 23.4. The van der Waals surface area contributed by atoms with Gasteiger partial charge in [0.1, 0.15) is 11.5 Å². The number of nitrogens with zero attached hydrogens (tertiary/aromatic N) is 1. The Bertz CT molecular complexity index is 1350. The lowest BCUT2D eigenvalue weighted by Crippen LogP contribution is -2.41. The number of carbonyl (C=O) groups excluding carboxylic acids is 2. The maximum Gasteiger partial charge on any atom is 0.265 e. The molecule has 7 nitrogen and oxygen atoms in total. The summed E-state index contributed by atoms with van der Waals surface area (Å²) in [5.41, 5.74) is 3.94. The number of H-pyrrole nitrogens is 1. The van der Waals surface area contributed by atoms with Crippen LogP contribution < -0.4 is 19.7 Å². The van der Waals surface area contributed by atoms with Crippen molar-refractivity contribution in [3.8, 4) is 11.5 Å². The molecule has 1 aliphatic heterocycles. The van der Waals surface area contributed by atoms with Gasteiger partial charge in [-0.25, -0.2) is 0 Å². The number of anilines is 1. The number of nitrogens with one attached hydrogen (secondary N) is 2. The van der Waals surface area contributed by atoms with Crippen molar-refractivity contribution in [1.29, 1.82) is 0 Å². The molecule has 0 saturated carbocycles. The van der Waals surface area contributed by atoms with Crippen LogP contribution in [0.5, 0.6) is 11.5 Å². The quantitative estimate of drug-likeness (QED) is 0.404. The van der Waals surface area contributed by atoms with Crippen LogP contribution in [0.3, 0.4) is 0 Å². The Balaban J connectivity index is 1.31. The summed E-state index contributed by atoms with van der Waals surface area (Å²) < 4.78 is 10.8. The number of rotatable bonds is 8. The molecule has 3 aromatic carbocycles. The average Bonchev–Trinajstić information content (AvgIpc) is 3.32. The number of aromatic amines is 1. The topological polar surface area (TPSA) is 83.7 Å². The van der Waals surface area contributed by atoms with Crippen molar-refractivity contribution in [2.24, 2.45) is 0 Å². The number of methoxy groups -OCH3 is 1. The van der Waals surface area contributed by atoms with E-state index in [9.17, 15) is 9.59 Å². The highest BCUT2D eigenvalue weighted by atomic mass is 16.5. The monoisotopic (exact) mass is 469 g/mol. The van der Waals surface area contributed by atoms with Gasteiger partial charge < -0.3 is 24.7 Å². The second-order valence-electron chi connectivity index (χ2n) is 8.47. The van der Waals surface area contributed by atoms with Crippen LogP contribution in [0.1, 0.15) is 23.5 Å². The molecule has 1 unspecified atom stereocenters. The van der Waals surface area contributed by atoms with Crippen molar-refractivity contribution in [2.75, 3.05) is 31.7 Å². The molecule has 0 bridgehead atoms. The molecular formula is C28H27N3O4. The predicted molar refractivity (Wildman–Crippen MR) is 135 cm³/mol. The summed E-state index contributed by atoms with van der Waals surface area (Å²) in [6.45, 7) is 0.713. The van der Waals surface area contributed by atoms with Gasteiger partial charge >= 0.3 is 0 Å². The van der Waals surface area contributed by atoms with Crippen molar-refractivity contribution in [3.63, 3.8) is 0 Å². The lowest BCUT2D eigenvalue weighted by molar-refractivity contribution is -0.122. The highest BCUT2D eigenvalue weighted by Gasteiger charge is 2.26. The maximum atomic E-state index is 12.9. The van der Waals surface area contributed by atoms with Crippen LogP contribution in [0.15, 0.2) is 79.0 Å². The fourth-order valence-electron chi connectivity index (χ4n) is 4.54. The number of ether oxygens (including phenoxy) is 2. The first-order valence-corrected chi connectivity index (χ1v) is 11.6. The minimum atomic E-state index is -0.147. The third-order valence-corrected chi connectivity index (χ3v) is 6.39. The van der Waals surface area contributed by atoms with Crippen molar-refractivity contribution >= 4 is 28.4 Å². The lowest BCUT2D eigenvalue weighted by atomic mass is 9.90. The molecule has 1 atom stereocenters. The van der Waals surface area contributed by atoms with E-state index in [0.717, 1.165) is 27.8 Å². The zero-order chi connectivity index (χ0) is 24.2. The fraction of sp³-hybridized carbons (Fsp3) is 0.214. The molecule has 2 heterocycles. The molecular weight excluding hydrogens is 442 g/mol. The van der Waals surface area contributed by atoms with Crippen LogP contribution in [-0.2, 0) is 9.59 Å². The van der Waals surface area contributed by atoms with E-state index in [1.54, 1.807) is 12.0 Å². The van der Waals surface area contributed by atoms with Crippen molar-refractivity contribution in [1.82, 2.24) is 10.3 Å². The summed E-state index contributed by atoms with van der Waals surface area (Å²) in [6.07, 6.45) is 2.21. The Labute approximate surface area is 203 Å². The second kappa shape index (κ2) is 9.93. The Morgan fingerprint density at radius 2 is 1.86 bits per heavy atom. The minimum Gasteiger partial charge on any atom is -0.497 e. The summed E-state index contributed by atoms with van der Waals surface area (Å²) in [5.74, 6) is 1.13. The van der Waals surface area contributed by atoms with Crippen LogP contribution in [0.2, 0.25) is 0 Å². The third-order valence-electron chi connectivity index (χ3n) is 6.39.